The normalized spacial score (nSPS) is 24.6. The average Bonchev–Trinajstić information content (AvgIpc) is 2.44. The minimum Gasteiger partial charge on any atom is -0.468 e. The molecule has 1 aliphatic heterocycles. The van der Waals surface area contributed by atoms with Crippen LogP contribution in [0.2, 0.25) is 0 Å². The summed E-state index contributed by atoms with van der Waals surface area (Å²) in [5, 5.41) is 3.07. The zero-order chi connectivity index (χ0) is 13.6. The molecule has 0 aliphatic carbocycles. The first-order valence-corrected chi connectivity index (χ1v) is 6.66. The molecule has 5 heteroatoms. The van der Waals surface area contributed by atoms with Gasteiger partial charge in [0.15, 0.2) is 0 Å². The molecule has 0 amide bonds. The Morgan fingerprint density at radius 3 is 2.89 bits per heavy atom. The Morgan fingerprint density at radius 1 is 1.61 bits per heavy atom. The second kappa shape index (κ2) is 7.07. The van der Waals surface area contributed by atoms with E-state index in [1.54, 1.807) is 7.05 Å². The molecule has 0 spiro atoms. The van der Waals surface area contributed by atoms with E-state index in [4.69, 9.17) is 9.47 Å². The van der Waals surface area contributed by atoms with Crippen molar-refractivity contribution in [3.63, 3.8) is 0 Å². The first kappa shape index (κ1) is 15.4. The third-order valence-electron chi connectivity index (χ3n) is 3.91. The molecule has 0 aromatic heterocycles. The minimum absolute atomic E-state index is 0.202. The molecular formula is C13H26N2O3. The molecule has 18 heavy (non-hydrogen) atoms. The number of methoxy groups -OCH3 is 1. The van der Waals surface area contributed by atoms with Gasteiger partial charge in [-0.3, -0.25) is 9.69 Å². The molecule has 1 aliphatic rings. The van der Waals surface area contributed by atoms with E-state index in [2.05, 4.69) is 17.1 Å². The number of morpholine rings is 1. The van der Waals surface area contributed by atoms with Crippen molar-refractivity contribution < 1.29 is 14.3 Å². The van der Waals surface area contributed by atoms with Crippen molar-refractivity contribution in [2.75, 3.05) is 40.5 Å². The Balaban J connectivity index is 2.53. The van der Waals surface area contributed by atoms with Gasteiger partial charge in [0.1, 0.15) is 5.54 Å². The van der Waals surface area contributed by atoms with Crippen molar-refractivity contribution in [3.05, 3.63) is 0 Å². The van der Waals surface area contributed by atoms with Crippen molar-refractivity contribution in [1.29, 1.82) is 0 Å². The monoisotopic (exact) mass is 258 g/mol. The second-order valence-electron chi connectivity index (χ2n) is 5.00. The highest BCUT2D eigenvalue weighted by Crippen LogP contribution is 2.16. The highest BCUT2D eigenvalue weighted by Gasteiger charge is 2.33. The van der Waals surface area contributed by atoms with Crippen molar-refractivity contribution in [2.24, 2.45) is 0 Å². The first-order valence-electron chi connectivity index (χ1n) is 6.66. The van der Waals surface area contributed by atoms with Crippen molar-refractivity contribution in [3.8, 4) is 0 Å². The second-order valence-corrected chi connectivity index (χ2v) is 5.00. The van der Waals surface area contributed by atoms with Gasteiger partial charge in [0, 0.05) is 19.1 Å². The number of hydrogen-bond acceptors (Lipinski definition) is 5. The summed E-state index contributed by atoms with van der Waals surface area (Å²) in [6.45, 7) is 7.47. The van der Waals surface area contributed by atoms with Crippen LogP contribution < -0.4 is 5.32 Å². The molecule has 1 rings (SSSR count). The van der Waals surface area contributed by atoms with Crippen LogP contribution in [0.4, 0.5) is 0 Å². The molecule has 2 unspecified atom stereocenters. The van der Waals surface area contributed by atoms with E-state index in [0.29, 0.717) is 6.04 Å². The van der Waals surface area contributed by atoms with E-state index in [-0.39, 0.29) is 5.97 Å². The molecule has 1 fully saturated rings. The Hall–Kier alpha value is -0.650. The molecule has 0 bridgehead atoms. The number of ether oxygens (including phenoxy) is 2. The molecule has 1 heterocycles. The molecule has 2 atom stereocenters. The summed E-state index contributed by atoms with van der Waals surface area (Å²) in [5.41, 5.74) is -0.606. The summed E-state index contributed by atoms with van der Waals surface area (Å²) in [6.07, 6.45) is 1.82. The molecule has 1 N–H and O–H groups in total. The molecule has 0 aromatic carbocycles. The van der Waals surface area contributed by atoms with E-state index < -0.39 is 5.54 Å². The Bertz CT molecular complexity index is 273. The Kier molecular flexibility index (Phi) is 6.05. The van der Waals surface area contributed by atoms with Gasteiger partial charge in [-0.2, -0.15) is 0 Å². The fourth-order valence-corrected chi connectivity index (χ4v) is 2.28. The Morgan fingerprint density at radius 2 is 2.33 bits per heavy atom. The van der Waals surface area contributed by atoms with E-state index in [9.17, 15) is 4.79 Å². The summed E-state index contributed by atoms with van der Waals surface area (Å²) in [7, 11) is 3.23. The third kappa shape index (κ3) is 3.67. The van der Waals surface area contributed by atoms with Gasteiger partial charge in [-0.05, 0) is 26.8 Å². The lowest BCUT2D eigenvalue weighted by molar-refractivity contribution is -0.148. The maximum atomic E-state index is 11.8. The summed E-state index contributed by atoms with van der Waals surface area (Å²) in [6, 6.07) is 0.470. The lowest BCUT2D eigenvalue weighted by Crippen LogP contribution is -2.53. The maximum Gasteiger partial charge on any atom is 0.325 e. The van der Waals surface area contributed by atoms with Crippen LogP contribution in [0.5, 0.6) is 0 Å². The van der Waals surface area contributed by atoms with Crippen LogP contribution in [-0.2, 0) is 14.3 Å². The van der Waals surface area contributed by atoms with E-state index in [0.717, 1.165) is 39.1 Å². The van der Waals surface area contributed by atoms with Gasteiger partial charge in [-0.1, -0.05) is 6.92 Å². The lowest BCUT2D eigenvalue weighted by atomic mass is 9.97. The van der Waals surface area contributed by atoms with Gasteiger partial charge in [-0.15, -0.1) is 0 Å². The topological polar surface area (TPSA) is 50.8 Å². The molecule has 106 valence electrons. The maximum absolute atomic E-state index is 11.8. The quantitative estimate of drug-likeness (QED) is 0.709. The predicted octanol–water partition coefficient (Wildman–Crippen LogP) is 0.638. The summed E-state index contributed by atoms with van der Waals surface area (Å²) < 4.78 is 10.3. The van der Waals surface area contributed by atoms with Crippen LogP contribution in [0.1, 0.15) is 26.7 Å². The number of hydrogen-bond donors (Lipinski definition) is 1. The predicted molar refractivity (Wildman–Crippen MR) is 70.6 cm³/mol. The molecule has 5 nitrogen and oxygen atoms in total. The number of carbonyl (C=O) groups is 1. The van der Waals surface area contributed by atoms with Crippen molar-refractivity contribution >= 4 is 5.97 Å². The van der Waals surface area contributed by atoms with Crippen LogP contribution in [0.25, 0.3) is 0 Å². The van der Waals surface area contributed by atoms with Crippen LogP contribution in [0, 0.1) is 0 Å². The fraction of sp³-hybridized carbons (Fsp3) is 0.923. The van der Waals surface area contributed by atoms with E-state index in [1.165, 1.54) is 7.11 Å². The van der Waals surface area contributed by atoms with Crippen LogP contribution >= 0.6 is 0 Å². The van der Waals surface area contributed by atoms with Gasteiger partial charge in [0.05, 0.1) is 20.3 Å². The SMILES string of the molecule is CCC1COCCN1CCC(C)(NC)C(=O)OC. The molecular weight excluding hydrogens is 232 g/mol. The third-order valence-corrected chi connectivity index (χ3v) is 3.91. The van der Waals surface area contributed by atoms with Gasteiger partial charge in [0.25, 0.3) is 0 Å². The summed E-state index contributed by atoms with van der Waals surface area (Å²) in [5.74, 6) is -0.202. The highest BCUT2D eigenvalue weighted by molar-refractivity contribution is 5.80. The van der Waals surface area contributed by atoms with E-state index >= 15 is 0 Å². The average molecular weight is 258 g/mol. The number of likely N-dealkylation sites (N-methyl/N-ethyl adjacent to an activating group) is 1. The number of carbonyl (C=O) groups excluding carboxylic acids is 1. The van der Waals surface area contributed by atoms with Crippen molar-refractivity contribution in [2.45, 2.75) is 38.3 Å². The molecule has 0 radical (unpaired) electrons. The summed E-state index contributed by atoms with van der Waals surface area (Å²) >= 11 is 0. The number of nitrogens with one attached hydrogen (secondary N) is 1. The number of nitrogens with zero attached hydrogens (tertiary/aromatic N) is 1. The van der Waals surface area contributed by atoms with Crippen molar-refractivity contribution in [1.82, 2.24) is 10.2 Å². The zero-order valence-corrected chi connectivity index (χ0v) is 12.0. The summed E-state index contributed by atoms with van der Waals surface area (Å²) in [4.78, 5) is 14.2. The van der Waals surface area contributed by atoms with Crippen LogP contribution in [0.3, 0.4) is 0 Å². The van der Waals surface area contributed by atoms with Crippen LogP contribution in [0.15, 0.2) is 0 Å². The number of rotatable bonds is 6. The van der Waals surface area contributed by atoms with Gasteiger partial charge in [-0.25, -0.2) is 0 Å². The molecule has 1 saturated heterocycles. The zero-order valence-electron chi connectivity index (χ0n) is 12.0. The number of esters is 1. The lowest BCUT2D eigenvalue weighted by Gasteiger charge is -2.37. The Labute approximate surface area is 110 Å². The van der Waals surface area contributed by atoms with Crippen LogP contribution in [-0.4, -0.2) is 62.9 Å². The first-order chi connectivity index (χ1) is 8.57. The van der Waals surface area contributed by atoms with Gasteiger partial charge >= 0.3 is 5.97 Å². The van der Waals surface area contributed by atoms with Gasteiger partial charge in [0.2, 0.25) is 0 Å². The van der Waals surface area contributed by atoms with E-state index in [1.807, 2.05) is 6.92 Å². The smallest absolute Gasteiger partial charge is 0.325 e. The highest BCUT2D eigenvalue weighted by atomic mass is 16.5. The molecule has 0 aromatic rings. The minimum atomic E-state index is -0.606. The van der Waals surface area contributed by atoms with Gasteiger partial charge < -0.3 is 14.8 Å². The largest absolute Gasteiger partial charge is 0.468 e. The standard InChI is InChI=1S/C13H26N2O3/c1-5-11-10-18-9-8-15(11)7-6-13(2,14-3)12(16)17-4/h11,14H,5-10H2,1-4H3. The fourth-order valence-electron chi connectivity index (χ4n) is 2.28. The molecule has 0 saturated carbocycles.